The molecule has 1 aliphatic heterocycles. The largest absolute Gasteiger partial charge is 0.330 e. The summed E-state index contributed by atoms with van der Waals surface area (Å²) in [5, 5.41) is 0. The van der Waals surface area contributed by atoms with Crippen molar-refractivity contribution < 1.29 is 12.8 Å². The molecule has 0 saturated heterocycles. The van der Waals surface area contributed by atoms with Crippen molar-refractivity contribution in [3.8, 4) is 0 Å². The summed E-state index contributed by atoms with van der Waals surface area (Å²) < 4.78 is 41.9. The molecule has 8 heteroatoms. The average Bonchev–Trinajstić information content (AvgIpc) is 3.13. The van der Waals surface area contributed by atoms with E-state index in [1.165, 1.54) is 16.4 Å². The summed E-state index contributed by atoms with van der Waals surface area (Å²) in [4.78, 5) is 11.4. The fourth-order valence-corrected chi connectivity index (χ4v) is 5.24. The standard InChI is InChI=1S/C24H21FN4O2S/c1-16-7-12-20(13-17(16)2)32(30,31)29-15-28(14-18-8-10-19(25)11-9-18)23-24(29)27-22-6-4-3-5-21(22)26-23/h3-13H,14-15H2,1-2H3. The molecule has 0 bridgehead atoms. The monoisotopic (exact) mass is 448 g/mol. The van der Waals surface area contributed by atoms with Gasteiger partial charge in [0.1, 0.15) is 12.5 Å². The zero-order chi connectivity index (χ0) is 22.5. The topological polar surface area (TPSA) is 66.4 Å². The van der Waals surface area contributed by atoms with Gasteiger partial charge in [-0.25, -0.2) is 27.1 Å². The number of para-hydroxylation sites is 2. The predicted molar refractivity (Wildman–Crippen MR) is 123 cm³/mol. The molecule has 0 N–H and O–H groups in total. The first-order valence-corrected chi connectivity index (χ1v) is 11.6. The molecule has 1 aromatic heterocycles. The van der Waals surface area contributed by atoms with Crippen LogP contribution in [0.15, 0.2) is 71.6 Å². The molecule has 0 unspecified atom stereocenters. The molecule has 0 fully saturated rings. The first-order chi connectivity index (χ1) is 15.3. The van der Waals surface area contributed by atoms with Crippen LogP contribution in [-0.4, -0.2) is 25.1 Å². The number of benzene rings is 3. The first kappa shape index (κ1) is 20.4. The number of fused-ring (bicyclic) bond motifs is 2. The number of hydrogen-bond acceptors (Lipinski definition) is 5. The second kappa shape index (κ2) is 7.56. The summed E-state index contributed by atoms with van der Waals surface area (Å²) in [6, 6.07) is 18.6. The van der Waals surface area contributed by atoms with Crippen LogP contribution < -0.4 is 9.21 Å². The number of anilines is 2. The van der Waals surface area contributed by atoms with Gasteiger partial charge in [0.05, 0.1) is 15.9 Å². The van der Waals surface area contributed by atoms with E-state index in [0.717, 1.165) is 16.7 Å². The van der Waals surface area contributed by atoms with Crippen molar-refractivity contribution in [2.75, 3.05) is 15.9 Å². The lowest BCUT2D eigenvalue weighted by Gasteiger charge is -2.21. The second-order valence-electron chi connectivity index (χ2n) is 7.93. The van der Waals surface area contributed by atoms with E-state index in [9.17, 15) is 12.8 Å². The first-order valence-electron chi connectivity index (χ1n) is 10.2. The van der Waals surface area contributed by atoms with Crippen LogP contribution >= 0.6 is 0 Å². The molecular formula is C24H21FN4O2S. The van der Waals surface area contributed by atoms with Gasteiger partial charge in [-0.05, 0) is 66.9 Å². The molecule has 2 heterocycles. The molecule has 0 radical (unpaired) electrons. The summed E-state index contributed by atoms with van der Waals surface area (Å²) in [6.07, 6.45) is 0. The van der Waals surface area contributed by atoms with E-state index in [-0.39, 0.29) is 17.4 Å². The number of aromatic nitrogens is 2. The summed E-state index contributed by atoms with van der Waals surface area (Å²) in [7, 11) is -3.86. The zero-order valence-corrected chi connectivity index (χ0v) is 18.5. The lowest BCUT2D eigenvalue weighted by molar-refractivity contribution is 0.590. The summed E-state index contributed by atoms with van der Waals surface area (Å²) in [5.74, 6) is 0.463. The third-order valence-corrected chi connectivity index (χ3v) is 7.44. The maximum Gasteiger partial charge on any atom is 0.267 e. The minimum absolute atomic E-state index is 0.0677. The van der Waals surface area contributed by atoms with Gasteiger partial charge in [-0.1, -0.05) is 30.3 Å². The molecule has 0 aliphatic carbocycles. The summed E-state index contributed by atoms with van der Waals surface area (Å²) in [5.41, 5.74) is 4.07. The number of hydrogen-bond donors (Lipinski definition) is 0. The fourth-order valence-electron chi connectivity index (χ4n) is 3.78. The van der Waals surface area contributed by atoms with E-state index in [2.05, 4.69) is 4.98 Å². The predicted octanol–water partition coefficient (Wildman–Crippen LogP) is 4.56. The maximum atomic E-state index is 13.6. The molecule has 6 nitrogen and oxygen atoms in total. The number of sulfonamides is 1. The normalized spacial score (nSPS) is 13.6. The lowest BCUT2D eigenvalue weighted by Crippen LogP contribution is -2.35. The minimum atomic E-state index is -3.86. The highest BCUT2D eigenvalue weighted by molar-refractivity contribution is 7.92. The molecule has 3 aromatic carbocycles. The van der Waals surface area contributed by atoms with Crippen molar-refractivity contribution in [3.63, 3.8) is 0 Å². The van der Waals surface area contributed by atoms with E-state index in [4.69, 9.17) is 4.98 Å². The highest BCUT2D eigenvalue weighted by Crippen LogP contribution is 2.38. The molecule has 0 atom stereocenters. The Bertz CT molecular complexity index is 1440. The molecule has 4 aromatic rings. The van der Waals surface area contributed by atoms with Gasteiger partial charge in [-0.15, -0.1) is 0 Å². The minimum Gasteiger partial charge on any atom is -0.330 e. The number of aryl methyl sites for hydroxylation is 2. The molecule has 0 spiro atoms. The second-order valence-corrected chi connectivity index (χ2v) is 9.79. The number of halogens is 1. The zero-order valence-electron chi connectivity index (χ0n) is 17.7. The van der Waals surface area contributed by atoms with Crippen molar-refractivity contribution in [3.05, 3.63) is 89.2 Å². The van der Waals surface area contributed by atoms with Gasteiger partial charge < -0.3 is 4.90 Å². The highest BCUT2D eigenvalue weighted by atomic mass is 32.2. The van der Waals surface area contributed by atoms with Gasteiger partial charge in [0.15, 0.2) is 11.6 Å². The Morgan fingerprint density at radius 2 is 1.53 bits per heavy atom. The van der Waals surface area contributed by atoms with Crippen molar-refractivity contribution in [2.45, 2.75) is 25.3 Å². The van der Waals surface area contributed by atoms with Crippen LogP contribution in [0.5, 0.6) is 0 Å². The lowest BCUT2D eigenvalue weighted by atomic mass is 10.1. The van der Waals surface area contributed by atoms with Crippen LogP contribution in [-0.2, 0) is 16.6 Å². The van der Waals surface area contributed by atoms with Gasteiger partial charge in [0.2, 0.25) is 0 Å². The van der Waals surface area contributed by atoms with E-state index in [1.54, 1.807) is 24.3 Å². The van der Waals surface area contributed by atoms with Gasteiger partial charge in [-0.2, -0.15) is 0 Å². The van der Waals surface area contributed by atoms with Crippen LogP contribution in [0.25, 0.3) is 11.0 Å². The quantitative estimate of drug-likeness (QED) is 0.458. The Balaban J connectivity index is 1.62. The Morgan fingerprint density at radius 1 is 0.875 bits per heavy atom. The SMILES string of the molecule is Cc1ccc(S(=O)(=O)N2CN(Cc3ccc(F)cc3)c3nc4ccccc4nc32)cc1C. The Hall–Kier alpha value is -3.52. The van der Waals surface area contributed by atoms with Crippen molar-refractivity contribution in [1.29, 1.82) is 0 Å². The number of nitrogens with zero attached hydrogens (tertiary/aromatic N) is 4. The van der Waals surface area contributed by atoms with Gasteiger partial charge in [0.25, 0.3) is 10.0 Å². The molecule has 5 rings (SSSR count). The van der Waals surface area contributed by atoms with E-state index < -0.39 is 10.0 Å². The van der Waals surface area contributed by atoms with Gasteiger partial charge >= 0.3 is 0 Å². The van der Waals surface area contributed by atoms with Crippen molar-refractivity contribution in [2.24, 2.45) is 0 Å². The average molecular weight is 449 g/mol. The molecule has 1 aliphatic rings. The van der Waals surface area contributed by atoms with Crippen molar-refractivity contribution >= 4 is 32.7 Å². The number of rotatable bonds is 4. The molecule has 0 amide bonds. The highest BCUT2D eigenvalue weighted by Gasteiger charge is 2.38. The van der Waals surface area contributed by atoms with E-state index >= 15 is 0 Å². The third kappa shape index (κ3) is 3.46. The van der Waals surface area contributed by atoms with Crippen LogP contribution in [0.1, 0.15) is 16.7 Å². The van der Waals surface area contributed by atoms with Crippen LogP contribution in [0.4, 0.5) is 16.0 Å². The molecular weight excluding hydrogens is 427 g/mol. The van der Waals surface area contributed by atoms with Crippen LogP contribution in [0.3, 0.4) is 0 Å². The molecule has 162 valence electrons. The van der Waals surface area contributed by atoms with E-state index in [0.29, 0.717) is 29.2 Å². The van der Waals surface area contributed by atoms with Crippen LogP contribution in [0, 0.1) is 19.7 Å². The van der Waals surface area contributed by atoms with Crippen LogP contribution in [0.2, 0.25) is 0 Å². The van der Waals surface area contributed by atoms with E-state index in [1.807, 2.05) is 49.1 Å². The smallest absolute Gasteiger partial charge is 0.267 e. The third-order valence-electron chi connectivity index (χ3n) is 5.72. The van der Waals surface area contributed by atoms with Crippen molar-refractivity contribution in [1.82, 2.24) is 9.97 Å². The molecule has 0 saturated carbocycles. The summed E-state index contributed by atoms with van der Waals surface area (Å²) >= 11 is 0. The fraction of sp³-hybridized carbons (Fsp3) is 0.167. The Morgan fingerprint density at radius 3 is 2.19 bits per heavy atom. The summed E-state index contributed by atoms with van der Waals surface area (Å²) in [6.45, 7) is 4.27. The van der Waals surface area contributed by atoms with Gasteiger partial charge in [0, 0.05) is 6.54 Å². The van der Waals surface area contributed by atoms with Gasteiger partial charge in [-0.3, -0.25) is 0 Å². The Labute approximate surface area is 186 Å². The maximum absolute atomic E-state index is 13.6. The Kier molecular flexibility index (Phi) is 4.82. The molecule has 32 heavy (non-hydrogen) atoms.